The molecule has 0 unspecified atom stereocenters. The molecule has 4 aromatic heterocycles. The maximum Gasteiger partial charge on any atom is 0.224 e. The van der Waals surface area contributed by atoms with E-state index in [1.54, 1.807) is 12.4 Å². The number of amides is 1. The first kappa shape index (κ1) is 24.3. The Balaban J connectivity index is 1.39. The second kappa shape index (κ2) is 9.68. The van der Waals surface area contributed by atoms with Gasteiger partial charge in [0.25, 0.3) is 0 Å². The molecule has 0 atom stereocenters. The SMILES string of the molecule is CC(C)CC(=O)Nc1cncc(-c2ccc3[nH]nc(-c4cc5c(-c6cc(O)cc(F)c6)cccc5[nH]4)c3n2)c1. The first-order chi connectivity index (χ1) is 18.8. The summed E-state index contributed by atoms with van der Waals surface area (Å²) in [5.41, 5.74) is 7.04. The first-order valence-electron chi connectivity index (χ1n) is 12.6. The Bertz CT molecular complexity index is 1840. The average Bonchev–Trinajstić information content (AvgIpc) is 3.51. The Morgan fingerprint density at radius 1 is 1.03 bits per heavy atom. The fourth-order valence-electron chi connectivity index (χ4n) is 4.74. The van der Waals surface area contributed by atoms with E-state index in [2.05, 4.69) is 25.5 Å². The van der Waals surface area contributed by atoms with Gasteiger partial charge in [-0.25, -0.2) is 9.37 Å². The Morgan fingerprint density at radius 3 is 2.72 bits per heavy atom. The highest BCUT2D eigenvalue weighted by Gasteiger charge is 2.16. The van der Waals surface area contributed by atoms with Gasteiger partial charge in [0.2, 0.25) is 5.91 Å². The molecule has 0 saturated carbocycles. The van der Waals surface area contributed by atoms with Crippen molar-refractivity contribution >= 4 is 33.5 Å². The van der Waals surface area contributed by atoms with E-state index >= 15 is 0 Å². The molecular weight excluding hydrogens is 495 g/mol. The van der Waals surface area contributed by atoms with Gasteiger partial charge in [-0.3, -0.25) is 14.9 Å². The smallest absolute Gasteiger partial charge is 0.224 e. The van der Waals surface area contributed by atoms with Crippen LogP contribution in [0.25, 0.3) is 55.7 Å². The number of rotatable bonds is 6. The lowest BCUT2D eigenvalue weighted by atomic mass is 10.0. The van der Waals surface area contributed by atoms with E-state index in [1.165, 1.54) is 12.1 Å². The molecular formula is C30H25FN6O2. The second-order valence-electron chi connectivity index (χ2n) is 9.92. The molecule has 0 fully saturated rings. The number of hydrogen-bond acceptors (Lipinski definition) is 5. The lowest BCUT2D eigenvalue weighted by Gasteiger charge is -2.08. The minimum atomic E-state index is -0.508. The highest BCUT2D eigenvalue weighted by molar-refractivity contribution is 6.00. The minimum absolute atomic E-state index is 0.0592. The Hall–Kier alpha value is -5.05. The number of nitrogens with zero attached hydrogens (tertiary/aromatic N) is 3. The van der Waals surface area contributed by atoms with Gasteiger partial charge in [0.05, 0.1) is 28.8 Å². The molecule has 1 amide bonds. The Labute approximate surface area is 223 Å². The molecule has 4 N–H and O–H groups in total. The second-order valence-corrected chi connectivity index (χ2v) is 9.92. The molecule has 0 aliphatic heterocycles. The zero-order valence-corrected chi connectivity index (χ0v) is 21.3. The zero-order valence-electron chi connectivity index (χ0n) is 21.3. The lowest BCUT2D eigenvalue weighted by molar-refractivity contribution is -0.116. The normalized spacial score (nSPS) is 11.5. The Morgan fingerprint density at radius 2 is 1.90 bits per heavy atom. The molecule has 0 radical (unpaired) electrons. The van der Waals surface area contributed by atoms with Crippen LogP contribution in [0.2, 0.25) is 0 Å². The van der Waals surface area contributed by atoms with Gasteiger partial charge in [-0.2, -0.15) is 5.10 Å². The van der Waals surface area contributed by atoms with Crippen molar-refractivity contribution in [2.24, 2.45) is 5.92 Å². The van der Waals surface area contributed by atoms with Crippen LogP contribution in [0.3, 0.4) is 0 Å². The van der Waals surface area contributed by atoms with Crippen molar-refractivity contribution in [3.63, 3.8) is 0 Å². The third-order valence-corrected chi connectivity index (χ3v) is 6.43. The van der Waals surface area contributed by atoms with Crippen LogP contribution in [0.4, 0.5) is 10.1 Å². The Kier molecular flexibility index (Phi) is 6.03. The van der Waals surface area contributed by atoms with Crippen LogP contribution in [0.15, 0.2) is 73.1 Å². The van der Waals surface area contributed by atoms with Crippen molar-refractivity contribution in [1.82, 2.24) is 25.1 Å². The number of carbonyl (C=O) groups is 1. The number of pyridine rings is 2. The molecule has 0 aliphatic rings. The number of anilines is 1. The quantitative estimate of drug-likeness (QED) is 0.196. The average molecular weight is 521 g/mol. The molecule has 0 spiro atoms. The van der Waals surface area contributed by atoms with Crippen LogP contribution in [-0.2, 0) is 4.79 Å². The summed E-state index contributed by atoms with van der Waals surface area (Å²) >= 11 is 0. The summed E-state index contributed by atoms with van der Waals surface area (Å²) < 4.78 is 14.0. The number of halogens is 1. The zero-order chi connectivity index (χ0) is 27.1. The highest BCUT2D eigenvalue weighted by atomic mass is 19.1. The van der Waals surface area contributed by atoms with Gasteiger partial charge in [0.1, 0.15) is 22.8 Å². The molecule has 194 valence electrons. The summed E-state index contributed by atoms with van der Waals surface area (Å²) in [6, 6.07) is 17.3. The number of aromatic hydroxyl groups is 1. The summed E-state index contributed by atoms with van der Waals surface area (Å²) in [7, 11) is 0. The molecule has 0 aliphatic carbocycles. The van der Waals surface area contributed by atoms with Crippen molar-refractivity contribution < 1.29 is 14.3 Å². The fraction of sp³-hybridized carbons (Fsp3) is 0.133. The third-order valence-electron chi connectivity index (χ3n) is 6.43. The highest BCUT2D eigenvalue weighted by Crippen LogP contribution is 2.35. The topological polar surface area (TPSA) is 120 Å². The predicted octanol–water partition coefficient (Wildman–Crippen LogP) is 6.66. The van der Waals surface area contributed by atoms with Crippen molar-refractivity contribution in [2.45, 2.75) is 20.3 Å². The molecule has 8 nitrogen and oxygen atoms in total. The lowest BCUT2D eigenvalue weighted by Crippen LogP contribution is -2.13. The van der Waals surface area contributed by atoms with E-state index in [0.717, 1.165) is 39.3 Å². The van der Waals surface area contributed by atoms with E-state index in [1.807, 2.05) is 56.3 Å². The van der Waals surface area contributed by atoms with Crippen LogP contribution in [0.1, 0.15) is 20.3 Å². The van der Waals surface area contributed by atoms with E-state index in [9.17, 15) is 14.3 Å². The van der Waals surface area contributed by atoms with Crippen LogP contribution in [0, 0.1) is 11.7 Å². The van der Waals surface area contributed by atoms with Gasteiger partial charge in [-0.1, -0.05) is 26.0 Å². The minimum Gasteiger partial charge on any atom is -0.508 e. The van der Waals surface area contributed by atoms with Gasteiger partial charge >= 0.3 is 0 Å². The van der Waals surface area contributed by atoms with E-state index in [4.69, 9.17) is 4.98 Å². The molecule has 0 saturated heterocycles. The van der Waals surface area contributed by atoms with Gasteiger partial charge in [-0.15, -0.1) is 0 Å². The molecule has 0 bridgehead atoms. The summed E-state index contributed by atoms with van der Waals surface area (Å²) in [6.45, 7) is 3.99. The van der Waals surface area contributed by atoms with Gasteiger partial charge in [0.15, 0.2) is 0 Å². The number of benzene rings is 2. The monoisotopic (exact) mass is 520 g/mol. The molecule has 6 aromatic rings. The predicted molar refractivity (Wildman–Crippen MR) is 150 cm³/mol. The number of H-pyrrole nitrogens is 2. The molecule has 4 heterocycles. The molecule has 2 aromatic carbocycles. The van der Waals surface area contributed by atoms with Crippen molar-refractivity contribution in [2.75, 3.05) is 5.32 Å². The van der Waals surface area contributed by atoms with Crippen LogP contribution < -0.4 is 5.32 Å². The number of phenolic OH excluding ortho intramolecular Hbond substituents is 1. The van der Waals surface area contributed by atoms with E-state index < -0.39 is 5.82 Å². The number of phenols is 1. The van der Waals surface area contributed by atoms with Crippen molar-refractivity contribution in [3.05, 3.63) is 78.9 Å². The summed E-state index contributed by atoms with van der Waals surface area (Å²) in [5, 5.41) is 21.2. The van der Waals surface area contributed by atoms with E-state index in [0.29, 0.717) is 34.6 Å². The number of aromatic amines is 2. The van der Waals surface area contributed by atoms with Crippen LogP contribution in [-0.4, -0.2) is 36.2 Å². The number of aromatic nitrogens is 5. The summed E-state index contributed by atoms with van der Waals surface area (Å²) in [5.74, 6) is -0.445. The van der Waals surface area contributed by atoms with Gasteiger partial charge < -0.3 is 15.4 Å². The van der Waals surface area contributed by atoms with Crippen LogP contribution >= 0.6 is 0 Å². The molecule has 6 rings (SSSR count). The summed E-state index contributed by atoms with van der Waals surface area (Å²) in [4.78, 5) is 24.8. The third kappa shape index (κ3) is 4.82. The number of hydrogen-bond donors (Lipinski definition) is 4. The van der Waals surface area contributed by atoms with Gasteiger partial charge in [0, 0.05) is 35.2 Å². The number of nitrogens with one attached hydrogen (secondary N) is 3. The largest absolute Gasteiger partial charge is 0.508 e. The fourth-order valence-corrected chi connectivity index (χ4v) is 4.74. The maximum absolute atomic E-state index is 14.0. The maximum atomic E-state index is 14.0. The first-order valence-corrected chi connectivity index (χ1v) is 12.6. The standard InChI is InChI=1S/C30H25FN6O2/c1-16(2)8-28(39)33-20-10-18(14-32-15-20)24-6-7-26-29(35-24)30(37-36-26)27-13-23-22(4-3-5-25(23)34-27)17-9-19(31)12-21(38)11-17/h3-7,9-16,34,38H,8H2,1-2H3,(H,33,39)(H,36,37). The van der Waals surface area contributed by atoms with E-state index in [-0.39, 0.29) is 17.6 Å². The number of carbonyl (C=O) groups excluding carboxylic acids is 1. The van der Waals surface area contributed by atoms with Crippen molar-refractivity contribution in [1.29, 1.82) is 0 Å². The molecule has 39 heavy (non-hydrogen) atoms. The summed E-state index contributed by atoms with van der Waals surface area (Å²) in [6.07, 6.45) is 3.75. The van der Waals surface area contributed by atoms with Crippen molar-refractivity contribution in [3.8, 4) is 39.5 Å². The van der Waals surface area contributed by atoms with Crippen LogP contribution in [0.5, 0.6) is 5.75 Å². The van der Waals surface area contributed by atoms with Gasteiger partial charge in [-0.05, 0) is 59.5 Å². The molecule has 9 heteroatoms. The number of fused-ring (bicyclic) bond motifs is 2.